The molecule has 1 atom stereocenters. The first-order valence-corrected chi connectivity index (χ1v) is 5.48. The van der Waals surface area contributed by atoms with Gasteiger partial charge in [0, 0.05) is 36.4 Å². The van der Waals surface area contributed by atoms with Crippen molar-refractivity contribution in [3.05, 3.63) is 28.8 Å². The van der Waals surface area contributed by atoms with Crippen LogP contribution in [0.3, 0.4) is 0 Å². The SMILES string of the molecule is Cl.Clc1ccc2c(c1)CC1CNCCN21. The molecule has 3 rings (SSSR count). The molecule has 1 saturated heterocycles. The second-order valence-electron chi connectivity index (χ2n) is 4.03. The zero-order chi connectivity index (χ0) is 9.54. The van der Waals surface area contributed by atoms with Crippen LogP contribution in [-0.2, 0) is 6.42 Å². The molecule has 1 unspecified atom stereocenters. The lowest BCUT2D eigenvalue weighted by Gasteiger charge is -2.32. The number of nitrogens with one attached hydrogen (secondary N) is 1. The van der Waals surface area contributed by atoms with E-state index in [1.807, 2.05) is 6.07 Å². The minimum atomic E-state index is 0. The van der Waals surface area contributed by atoms with Crippen LogP contribution < -0.4 is 10.2 Å². The Kier molecular flexibility index (Phi) is 3.10. The number of hydrogen-bond acceptors (Lipinski definition) is 2. The Hall–Kier alpha value is -0.440. The van der Waals surface area contributed by atoms with Crippen LogP contribution >= 0.6 is 24.0 Å². The van der Waals surface area contributed by atoms with Gasteiger partial charge in [0.1, 0.15) is 0 Å². The van der Waals surface area contributed by atoms with Gasteiger partial charge >= 0.3 is 0 Å². The zero-order valence-electron chi connectivity index (χ0n) is 8.37. The van der Waals surface area contributed by atoms with Gasteiger partial charge in [-0.25, -0.2) is 0 Å². The molecule has 0 saturated carbocycles. The predicted molar refractivity (Wildman–Crippen MR) is 66.4 cm³/mol. The number of piperazine rings is 1. The average Bonchev–Trinajstić information content (AvgIpc) is 2.54. The maximum absolute atomic E-state index is 5.99. The monoisotopic (exact) mass is 244 g/mol. The number of rotatable bonds is 0. The van der Waals surface area contributed by atoms with Gasteiger partial charge in [0.15, 0.2) is 0 Å². The molecule has 2 heterocycles. The van der Waals surface area contributed by atoms with E-state index in [1.54, 1.807) is 0 Å². The number of nitrogens with zero attached hydrogens (tertiary/aromatic N) is 1. The molecule has 2 aliphatic rings. The highest BCUT2D eigenvalue weighted by Crippen LogP contribution is 2.34. The first-order valence-electron chi connectivity index (χ1n) is 5.10. The van der Waals surface area contributed by atoms with Crippen LogP contribution in [0.5, 0.6) is 0 Å². The smallest absolute Gasteiger partial charge is 0.0456 e. The Morgan fingerprint density at radius 2 is 2.27 bits per heavy atom. The van der Waals surface area contributed by atoms with Gasteiger partial charge in [0.05, 0.1) is 0 Å². The Balaban J connectivity index is 0.000000853. The van der Waals surface area contributed by atoms with Crippen molar-refractivity contribution < 1.29 is 0 Å². The first kappa shape index (κ1) is 11.1. The Labute approximate surface area is 101 Å². The third-order valence-electron chi connectivity index (χ3n) is 3.16. The molecular weight excluding hydrogens is 231 g/mol. The van der Waals surface area contributed by atoms with Crippen LogP contribution in [-0.4, -0.2) is 25.7 Å². The third kappa shape index (κ3) is 1.82. The van der Waals surface area contributed by atoms with E-state index in [2.05, 4.69) is 22.3 Å². The van der Waals surface area contributed by atoms with E-state index < -0.39 is 0 Å². The van der Waals surface area contributed by atoms with E-state index in [9.17, 15) is 0 Å². The molecule has 1 aromatic rings. The van der Waals surface area contributed by atoms with Gasteiger partial charge in [-0.2, -0.15) is 0 Å². The summed E-state index contributed by atoms with van der Waals surface area (Å²) in [7, 11) is 0. The largest absolute Gasteiger partial charge is 0.365 e. The molecular formula is C11H14Cl2N2. The molecule has 2 aliphatic heterocycles. The fourth-order valence-electron chi connectivity index (χ4n) is 2.51. The molecule has 1 fully saturated rings. The maximum atomic E-state index is 5.99. The first-order chi connectivity index (χ1) is 6.84. The van der Waals surface area contributed by atoms with Crippen molar-refractivity contribution in [3.63, 3.8) is 0 Å². The minimum Gasteiger partial charge on any atom is -0.365 e. The number of fused-ring (bicyclic) bond motifs is 3. The van der Waals surface area contributed by atoms with E-state index in [4.69, 9.17) is 11.6 Å². The van der Waals surface area contributed by atoms with E-state index in [0.717, 1.165) is 31.1 Å². The molecule has 4 heteroatoms. The van der Waals surface area contributed by atoms with Crippen LogP contribution in [0.2, 0.25) is 5.02 Å². The van der Waals surface area contributed by atoms with Crippen molar-refractivity contribution in [3.8, 4) is 0 Å². The molecule has 82 valence electrons. The molecule has 0 bridgehead atoms. The lowest BCUT2D eigenvalue weighted by molar-refractivity contribution is 0.495. The van der Waals surface area contributed by atoms with Crippen LogP contribution in [0.15, 0.2) is 18.2 Å². The second-order valence-corrected chi connectivity index (χ2v) is 4.46. The van der Waals surface area contributed by atoms with Crippen molar-refractivity contribution >= 4 is 29.7 Å². The molecule has 0 radical (unpaired) electrons. The van der Waals surface area contributed by atoms with E-state index in [-0.39, 0.29) is 12.4 Å². The van der Waals surface area contributed by atoms with Crippen LogP contribution in [0.25, 0.3) is 0 Å². The molecule has 0 aliphatic carbocycles. The van der Waals surface area contributed by atoms with Crippen LogP contribution in [0, 0.1) is 0 Å². The summed E-state index contributed by atoms with van der Waals surface area (Å²) >= 11 is 5.99. The standard InChI is InChI=1S/C11H13ClN2.ClH/c12-9-1-2-11-8(5-9)6-10-7-13-3-4-14(10)11;/h1-2,5,10,13H,3-4,6-7H2;1H. The molecule has 15 heavy (non-hydrogen) atoms. The normalized spacial score (nSPS) is 23.0. The Morgan fingerprint density at radius 1 is 1.40 bits per heavy atom. The summed E-state index contributed by atoms with van der Waals surface area (Å²) in [5, 5.41) is 4.29. The van der Waals surface area contributed by atoms with Crippen molar-refractivity contribution in [2.45, 2.75) is 12.5 Å². The summed E-state index contributed by atoms with van der Waals surface area (Å²) in [5.74, 6) is 0. The zero-order valence-corrected chi connectivity index (χ0v) is 9.94. The van der Waals surface area contributed by atoms with E-state index >= 15 is 0 Å². The highest BCUT2D eigenvalue weighted by molar-refractivity contribution is 6.30. The fourth-order valence-corrected chi connectivity index (χ4v) is 2.71. The molecule has 2 nitrogen and oxygen atoms in total. The predicted octanol–water partition coefficient (Wildman–Crippen LogP) is 2.10. The summed E-state index contributed by atoms with van der Waals surface area (Å²) in [5.41, 5.74) is 2.80. The van der Waals surface area contributed by atoms with Crippen molar-refractivity contribution in [1.29, 1.82) is 0 Å². The molecule has 1 N–H and O–H groups in total. The van der Waals surface area contributed by atoms with Crippen molar-refractivity contribution in [1.82, 2.24) is 5.32 Å². The highest BCUT2D eigenvalue weighted by Gasteiger charge is 2.30. The Morgan fingerprint density at radius 3 is 3.13 bits per heavy atom. The van der Waals surface area contributed by atoms with Gasteiger partial charge in [0.2, 0.25) is 0 Å². The summed E-state index contributed by atoms with van der Waals surface area (Å²) in [6.45, 7) is 3.32. The quantitative estimate of drug-likeness (QED) is 0.753. The van der Waals surface area contributed by atoms with E-state index in [0.29, 0.717) is 6.04 Å². The minimum absolute atomic E-state index is 0. The molecule has 0 aromatic heterocycles. The lowest BCUT2D eigenvalue weighted by atomic mass is 10.1. The number of anilines is 1. The third-order valence-corrected chi connectivity index (χ3v) is 3.39. The summed E-state index contributed by atoms with van der Waals surface area (Å²) in [6, 6.07) is 6.90. The van der Waals surface area contributed by atoms with E-state index in [1.165, 1.54) is 11.3 Å². The van der Waals surface area contributed by atoms with Gasteiger partial charge in [-0.1, -0.05) is 11.6 Å². The highest BCUT2D eigenvalue weighted by atomic mass is 35.5. The van der Waals surface area contributed by atoms with Crippen LogP contribution in [0.4, 0.5) is 5.69 Å². The van der Waals surface area contributed by atoms with Crippen molar-refractivity contribution in [2.24, 2.45) is 0 Å². The number of benzene rings is 1. The topological polar surface area (TPSA) is 15.3 Å². The second kappa shape index (κ2) is 4.20. The number of hydrogen-bond donors (Lipinski definition) is 1. The van der Waals surface area contributed by atoms with Gasteiger partial charge < -0.3 is 10.2 Å². The lowest BCUT2D eigenvalue weighted by Crippen LogP contribution is -2.49. The fraction of sp³-hybridized carbons (Fsp3) is 0.455. The van der Waals surface area contributed by atoms with Gasteiger partial charge in [0.25, 0.3) is 0 Å². The summed E-state index contributed by atoms with van der Waals surface area (Å²) in [6.07, 6.45) is 1.14. The van der Waals surface area contributed by atoms with Gasteiger partial charge in [-0.15, -0.1) is 12.4 Å². The molecule has 0 spiro atoms. The molecule has 1 aromatic carbocycles. The molecule has 0 amide bonds. The summed E-state index contributed by atoms with van der Waals surface area (Å²) < 4.78 is 0. The van der Waals surface area contributed by atoms with Crippen molar-refractivity contribution in [2.75, 3.05) is 24.5 Å². The van der Waals surface area contributed by atoms with Gasteiger partial charge in [-0.05, 0) is 30.2 Å². The Bertz CT molecular complexity index is 368. The maximum Gasteiger partial charge on any atom is 0.0456 e. The number of halogens is 2. The van der Waals surface area contributed by atoms with Gasteiger partial charge in [-0.3, -0.25) is 0 Å². The van der Waals surface area contributed by atoms with Crippen LogP contribution in [0.1, 0.15) is 5.56 Å². The summed E-state index contributed by atoms with van der Waals surface area (Å²) in [4.78, 5) is 2.50. The average molecular weight is 245 g/mol.